The molecule has 1 aliphatic rings. The fraction of sp³-hybridized carbons (Fsp3) is 0.667. The molecule has 1 amide bonds. The Labute approximate surface area is 202 Å². The Morgan fingerprint density at radius 3 is 2.64 bits per heavy atom. The van der Waals surface area contributed by atoms with Crippen molar-refractivity contribution in [2.75, 3.05) is 39.5 Å². The van der Waals surface area contributed by atoms with Crippen molar-refractivity contribution in [3.05, 3.63) is 29.1 Å². The second-order valence-corrected chi connectivity index (χ2v) is 8.76. The van der Waals surface area contributed by atoms with Crippen molar-refractivity contribution < 1.29 is 19.1 Å². The molecule has 1 unspecified atom stereocenters. The average molecular weight is 479 g/mol. The van der Waals surface area contributed by atoms with Crippen LogP contribution in [0.5, 0.6) is 0 Å². The summed E-state index contributed by atoms with van der Waals surface area (Å²) in [5, 5.41) is 6.83. The Balaban J connectivity index is 1.91. The smallest absolute Gasteiger partial charge is 0.307 e. The zero-order chi connectivity index (χ0) is 24.2. The summed E-state index contributed by atoms with van der Waals surface area (Å²) in [5.74, 6) is -0.143. The van der Waals surface area contributed by atoms with Gasteiger partial charge in [0, 0.05) is 43.9 Å². The minimum absolute atomic E-state index is 0.0932. The highest BCUT2D eigenvalue weighted by atomic mass is 32.1. The molecule has 9 heteroatoms. The Kier molecular flexibility index (Phi) is 11.5. The number of pyridine rings is 1. The number of amides is 1. The van der Waals surface area contributed by atoms with Gasteiger partial charge in [0.25, 0.3) is 5.91 Å². The van der Waals surface area contributed by atoms with E-state index < -0.39 is 0 Å². The lowest BCUT2D eigenvalue weighted by atomic mass is 9.90. The molecular weight excluding hydrogens is 440 g/mol. The highest BCUT2D eigenvalue weighted by molar-refractivity contribution is 7.80. The zero-order valence-corrected chi connectivity index (χ0v) is 21.1. The van der Waals surface area contributed by atoms with Gasteiger partial charge >= 0.3 is 5.97 Å². The normalized spacial score (nSPS) is 15.1. The minimum atomic E-state index is -0.229. The van der Waals surface area contributed by atoms with E-state index in [1.165, 1.54) is 0 Å². The van der Waals surface area contributed by atoms with Crippen molar-refractivity contribution in [3.8, 4) is 0 Å². The number of nitrogens with one attached hydrogen (secondary N) is 2. The number of hydrogen-bond acceptors (Lipinski definition) is 6. The molecule has 0 saturated carbocycles. The number of carbonyl (C=O) groups is 2. The topological polar surface area (TPSA) is 92.8 Å². The largest absolute Gasteiger partial charge is 0.466 e. The molecule has 0 aromatic carbocycles. The number of carbonyl (C=O) groups excluding carboxylic acids is 2. The standard InChI is InChI=1S/C24H38N4O4S/c1-5-14-31-15-11-25-23(30)20-8-7-17(3)26-22(20)19-9-12-28(13-10-19)24(33)27-18(4)16-21(29)32-6-2/h7-8,18-19H,5-6,9-16H2,1-4H3,(H,25,30)(H,27,33). The monoisotopic (exact) mass is 478 g/mol. The number of thiocarbonyl (C=S) groups is 1. The number of aryl methyl sites for hydroxylation is 1. The predicted octanol–water partition coefficient (Wildman–Crippen LogP) is 2.94. The summed E-state index contributed by atoms with van der Waals surface area (Å²) in [7, 11) is 0. The maximum absolute atomic E-state index is 12.8. The lowest BCUT2D eigenvalue weighted by molar-refractivity contribution is -0.143. The molecule has 8 nitrogen and oxygen atoms in total. The van der Waals surface area contributed by atoms with E-state index in [4.69, 9.17) is 26.7 Å². The molecule has 33 heavy (non-hydrogen) atoms. The Morgan fingerprint density at radius 2 is 1.97 bits per heavy atom. The van der Waals surface area contributed by atoms with Crippen LogP contribution in [0.4, 0.5) is 0 Å². The molecule has 184 valence electrons. The van der Waals surface area contributed by atoms with Gasteiger partial charge in [0.05, 0.1) is 30.9 Å². The molecule has 2 heterocycles. The molecule has 1 aromatic rings. The lowest BCUT2D eigenvalue weighted by Gasteiger charge is -2.35. The molecule has 0 radical (unpaired) electrons. The van der Waals surface area contributed by atoms with E-state index in [1.807, 2.05) is 26.0 Å². The van der Waals surface area contributed by atoms with Crippen molar-refractivity contribution in [3.63, 3.8) is 0 Å². The van der Waals surface area contributed by atoms with Gasteiger partial charge in [0.2, 0.25) is 0 Å². The predicted molar refractivity (Wildman–Crippen MR) is 132 cm³/mol. The number of likely N-dealkylation sites (tertiary alicyclic amines) is 1. The molecule has 1 saturated heterocycles. The number of hydrogen-bond donors (Lipinski definition) is 2. The van der Waals surface area contributed by atoms with Crippen molar-refractivity contribution in [1.82, 2.24) is 20.5 Å². The summed E-state index contributed by atoms with van der Waals surface area (Å²) < 4.78 is 10.5. The summed E-state index contributed by atoms with van der Waals surface area (Å²) in [6, 6.07) is 3.66. The molecule has 1 fully saturated rings. The van der Waals surface area contributed by atoms with Crippen molar-refractivity contribution in [2.24, 2.45) is 0 Å². The van der Waals surface area contributed by atoms with Crippen LogP contribution < -0.4 is 10.6 Å². The second kappa shape index (κ2) is 14.1. The van der Waals surface area contributed by atoms with E-state index in [-0.39, 0.29) is 30.3 Å². The van der Waals surface area contributed by atoms with E-state index >= 15 is 0 Å². The van der Waals surface area contributed by atoms with E-state index in [9.17, 15) is 9.59 Å². The van der Waals surface area contributed by atoms with E-state index in [0.717, 1.165) is 43.7 Å². The number of esters is 1. The van der Waals surface area contributed by atoms with Crippen molar-refractivity contribution >= 4 is 29.2 Å². The number of nitrogens with zero attached hydrogens (tertiary/aromatic N) is 2. The van der Waals surface area contributed by atoms with Gasteiger partial charge in [-0.05, 0) is 64.4 Å². The molecule has 0 spiro atoms. The number of rotatable bonds is 11. The van der Waals surface area contributed by atoms with Crippen molar-refractivity contribution in [1.29, 1.82) is 0 Å². The zero-order valence-electron chi connectivity index (χ0n) is 20.3. The van der Waals surface area contributed by atoms with Crippen LogP contribution >= 0.6 is 12.2 Å². The van der Waals surface area contributed by atoms with Crippen LogP contribution in [0.25, 0.3) is 0 Å². The summed E-state index contributed by atoms with van der Waals surface area (Å²) in [5.41, 5.74) is 2.40. The maximum atomic E-state index is 12.8. The Bertz CT molecular complexity index is 797. The van der Waals surface area contributed by atoms with Gasteiger partial charge in [-0.2, -0.15) is 0 Å². The minimum Gasteiger partial charge on any atom is -0.466 e. The first-order valence-electron chi connectivity index (χ1n) is 11.9. The summed E-state index contributed by atoms with van der Waals surface area (Å²) >= 11 is 5.56. The molecular formula is C24H38N4O4S. The number of ether oxygens (including phenoxy) is 2. The van der Waals surface area contributed by atoms with Crippen LogP contribution in [0.1, 0.15) is 74.1 Å². The summed E-state index contributed by atoms with van der Waals surface area (Å²) in [6.07, 6.45) is 2.94. The van der Waals surface area contributed by atoms with Crippen molar-refractivity contribution in [2.45, 2.75) is 65.3 Å². The summed E-state index contributed by atoms with van der Waals surface area (Å²) in [6.45, 7) is 11.3. The third kappa shape index (κ3) is 8.89. The fourth-order valence-corrected chi connectivity index (χ4v) is 4.22. The fourth-order valence-electron chi connectivity index (χ4n) is 3.84. The lowest BCUT2D eigenvalue weighted by Crippen LogP contribution is -2.47. The molecule has 0 bridgehead atoms. The van der Waals surface area contributed by atoms with Gasteiger partial charge in [-0.25, -0.2) is 0 Å². The van der Waals surface area contributed by atoms with Gasteiger partial charge < -0.3 is 25.0 Å². The van der Waals surface area contributed by atoms with Gasteiger partial charge in [-0.1, -0.05) is 6.92 Å². The molecule has 1 aromatic heterocycles. The van der Waals surface area contributed by atoms with Gasteiger partial charge in [0.15, 0.2) is 5.11 Å². The van der Waals surface area contributed by atoms with Crippen LogP contribution in [-0.2, 0) is 14.3 Å². The SMILES string of the molecule is CCCOCCNC(=O)c1ccc(C)nc1C1CCN(C(=S)NC(C)CC(=O)OCC)CC1. The molecule has 2 N–H and O–H groups in total. The number of aromatic nitrogens is 1. The van der Waals surface area contributed by atoms with Crippen LogP contribution in [0, 0.1) is 6.92 Å². The first-order chi connectivity index (χ1) is 15.8. The number of piperidine rings is 1. The average Bonchev–Trinajstić information content (AvgIpc) is 2.78. The van der Waals surface area contributed by atoms with E-state index in [1.54, 1.807) is 6.92 Å². The third-order valence-electron chi connectivity index (χ3n) is 5.51. The van der Waals surface area contributed by atoms with Gasteiger partial charge in [-0.15, -0.1) is 0 Å². The van der Waals surface area contributed by atoms with Gasteiger partial charge in [-0.3, -0.25) is 14.6 Å². The quantitative estimate of drug-likeness (QED) is 0.285. The molecule has 1 aliphatic heterocycles. The van der Waals surface area contributed by atoms with Crippen LogP contribution in [0.2, 0.25) is 0 Å². The summed E-state index contributed by atoms with van der Waals surface area (Å²) in [4.78, 5) is 31.3. The third-order valence-corrected chi connectivity index (χ3v) is 5.88. The van der Waals surface area contributed by atoms with E-state index in [0.29, 0.717) is 37.0 Å². The van der Waals surface area contributed by atoms with Crippen LogP contribution in [-0.4, -0.2) is 72.4 Å². The highest BCUT2D eigenvalue weighted by Gasteiger charge is 2.27. The molecule has 0 aliphatic carbocycles. The maximum Gasteiger partial charge on any atom is 0.307 e. The second-order valence-electron chi connectivity index (χ2n) is 8.37. The molecule has 1 atom stereocenters. The molecule has 2 rings (SSSR count). The van der Waals surface area contributed by atoms with Gasteiger partial charge in [0.1, 0.15) is 0 Å². The Morgan fingerprint density at radius 1 is 1.24 bits per heavy atom. The highest BCUT2D eigenvalue weighted by Crippen LogP contribution is 2.29. The first-order valence-corrected chi connectivity index (χ1v) is 12.3. The Hall–Kier alpha value is -2.26. The van der Waals surface area contributed by atoms with Crippen LogP contribution in [0.3, 0.4) is 0 Å². The van der Waals surface area contributed by atoms with E-state index in [2.05, 4.69) is 22.5 Å². The first kappa shape index (κ1) is 27.0. The van der Waals surface area contributed by atoms with Crippen LogP contribution in [0.15, 0.2) is 12.1 Å².